The fourth-order valence-electron chi connectivity index (χ4n) is 4.46. The topological polar surface area (TPSA) is 58.1 Å². The van der Waals surface area contributed by atoms with E-state index in [1.54, 1.807) is 12.1 Å². The van der Waals surface area contributed by atoms with Gasteiger partial charge in [-0.2, -0.15) is 13.2 Å². The third-order valence-electron chi connectivity index (χ3n) is 6.39. The highest BCUT2D eigenvalue weighted by Crippen LogP contribution is 2.33. The highest BCUT2D eigenvalue weighted by molar-refractivity contribution is 6.00. The molecule has 0 bridgehead atoms. The van der Waals surface area contributed by atoms with E-state index in [-0.39, 0.29) is 17.4 Å². The molecule has 1 amide bonds. The number of nitrogens with one attached hydrogen (secondary N) is 1. The molecule has 5 nitrogen and oxygen atoms in total. The normalized spacial score (nSPS) is 14.7. The first-order valence-electron chi connectivity index (χ1n) is 11.5. The average Bonchev–Trinajstić information content (AvgIpc) is 2.89. The molecule has 9 heteroatoms. The quantitative estimate of drug-likeness (QED) is 0.362. The number of halogens is 4. The predicted molar refractivity (Wildman–Crippen MR) is 129 cm³/mol. The molecule has 1 aliphatic rings. The molecule has 4 aromatic rings. The lowest BCUT2D eigenvalue weighted by Crippen LogP contribution is -2.45. The standard InChI is InChI=1S/C27H22F4N4O/c28-20-11-7-17(8-12-20)24-22-3-1-2-4-23(22)25(34-33-24)35-15-13-21(14-16-35)32-26(36)18-5-9-19(10-6-18)27(29,30)31/h1-12,21H,13-16H2,(H,32,36). The molecule has 1 saturated heterocycles. The second kappa shape index (κ2) is 9.56. The van der Waals surface area contributed by atoms with Gasteiger partial charge < -0.3 is 10.2 Å². The van der Waals surface area contributed by atoms with Crippen LogP contribution in [0.25, 0.3) is 22.0 Å². The highest BCUT2D eigenvalue weighted by Gasteiger charge is 2.30. The summed E-state index contributed by atoms with van der Waals surface area (Å²) < 4.78 is 51.7. The van der Waals surface area contributed by atoms with Gasteiger partial charge in [-0.05, 0) is 61.4 Å². The number of benzene rings is 3. The van der Waals surface area contributed by atoms with Crippen molar-refractivity contribution in [2.24, 2.45) is 0 Å². The van der Waals surface area contributed by atoms with Gasteiger partial charge in [-0.3, -0.25) is 4.79 Å². The minimum Gasteiger partial charge on any atom is -0.354 e. The monoisotopic (exact) mass is 494 g/mol. The summed E-state index contributed by atoms with van der Waals surface area (Å²) in [6.07, 6.45) is -3.13. The zero-order chi connectivity index (χ0) is 25.3. The van der Waals surface area contributed by atoms with Gasteiger partial charge >= 0.3 is 6.18 Å². The minimum absolute atomic E-state index is 0.103. The fourth-order valence-corrected chi connectivity index (χ4v) is 4.46. The second-order valence-electron chi connectivity index (χ2n) is 8.73. The number of carbonyl (C=O) groups is 1. The minimum atomic E-state index is -4.44. The molecular formula is C27H22F4N4O. The number of amides is 1. The molecular weight excluding hydrogens is 472 g/mol. The summed E-state index contributed by atoms with van der Waals surface area (Å²) in [5.74, 6) is 0.0287. The summed E-state index contributed by atoms with van der Waals surface area (Å²) >= 11 is 0. The van der Waals surface area contributed by atoms with Crippen LogP contribution < -0.4 is 10.2 Å². The van der Waals surface area contributed by atoms with Crippen LogP contribution in [0.3, 0.4) is 0 Å². The number of hydrogen-bond acceptors (Lipinski definition) is 4. The number of carbonyl (C=O) groups excluding carboxylic acids is 1. The molecule has 184 valence electrons. The Morgan fingerprint density at radius 3 is 2.14 bits per heavy atom. The van der Waals surface area contributed by atoms with Crippen LogP contribution in [-0.2, 0) is 6.18 Å². The number of rotatable bonds is 4. The molecule has 2 heterocycles. The maximum atomic E-state index is 13.4. The number of piperidine rings is 1. The van der Waals surface area contributed by atoms with E-state index in [4.69, 9.17) is 0 Å². The van der Waals surface area contributed by atoms with Gasteiger partial charge in [-0.1, -0.05) is 24.3 Å². The first-order chi connectivity index (χ1) is 17.3. The SMILES string of the molecule is O=C(NC1CCN(c2nnc(-c3ccc(F)cc3)c3ccccc23)CC1)c1ccc(C(F)(F)F)cc1. The van der Waals surface area contributed by atoms with Crippen LogP contribution in [-0.4, -0.2) is 35.2 Å². The molecule has 1 fully saturated rings. The molecule has 0 spiro atoms. The van der Waals surface area contributed by atoms with Crippen molar-refractivity contribution in [1.29, 1.82) is 0 Å². The average molecular weight is 494 g/mol. The zero-order valence-electron chi connectivity index (χ0n) is 19.1. The van der Waals surface area contributed by atoms with Gasteiger partial charge in [0, 0.05) is 41.0 Å². The van der Waals surface area contributed by atoms with E-state index in [9.17, 15) is 22.4 Å². The molecule has 1 N–H and O–H groups in total. The van der Waals surface area contributed by atoms with Gasteiger partial charge in [0.25, 0.3) is 5.91 Å². The van der Waals surface area contributed by atoms with Crippen molar-refractivity contribution in [2.45, 2.75) is 25.1 Å². The third-order valence-corrected chi connectivity index (χ3v) is 6.39. The molecule has 0 radical (unpaired) electrons. The molecule has 0 atom stereocenters. The van der Waals surface area contributed by atoms with E-state index >= 15 is 0 Å². The van der Waals surface area contributed by atoms with Crippen molar-refractivity contribution < 1.29 is 22.4 Å². The molecule has 0 aliphatic carbocycles. The number of alkyl halides is 3. The largest absolute Gasteiger partial charge is 0.416 e. The lowest BCUT2D eigenvalue weighted by atomic mass is 10.0. The Morgan fingerprint density at radius 1 is 0.861 bits per heavy atom. The van der Waals surface area contributed by atoms with Crippen LogP contribution in [0.1, 0.15) is 28.8 Å². The zero-order valence-corrected chi connectivity index (χ0v) is 19.1. The van der Waals surface area contributed by atoms with Crippen LogP contribution >= 0.6 is 0 Å². The Hall–Kier alpha value is -4.01. The van der Waals surface area contributed by atoms with Gasteiger partial charge in [0.2, 0.25) is 0 Å². The molecule has 3 aromatic carbocycles. The molecule has 1 aliphatic heterocycles. The maximum absolute atomic E-state index is 13.4. The summed E-state index contributed by atoms with van der Waals surface area (Å²) in [6.45, 7) is 1.26. The Morgan fingerprint density at radius 2 is 1.50 bits per heavy atom. The van der Waals surface area contributed by atoms with Gasteiger partial charge in [-0.25, -0.2) is 4.39 Å². The van der Waals surface area contributed by atoms with E-state index in [2.05, 4.69) is 20.4 Å². The summed E-state index contributed by atoms with van der Waals surface area (Å²) in [6, 6.07) is 18.0. The number of aromatic nitrogens is 2. The van der Waals surface area contributed by atoms with Crippen molar-refractivity contribution in [3.8, 4) is 11.3 Å². The first kappa shape index (κ1) is 23.7. The summed E-state index contributed by atoms with van der Waals surface area (Å²) in [4.78, 5) is 14.7. The highest BCUT2D eigenvalue weighted by atomic mass is 19.4. The number of hydrogen-bond donors (Lipinski definition) is 1. The van der Waals surface area contributed by atoms with Crippen molar-refractivity contribution in [3.05, 3.63) is 89.7 Å². The van der Waals surface area contributed by atoms with Crippen molar-refractivity contribution in [2.75, 3.05) is 18.0 Å². The number of anilines is 1. The lowest BCUT2D eigenvalue weighted by molar-refractivity contribution is -0.137. The Bertz CT molecular complexity index is 1380. The van der Waals surface area contributed by atoms with Crippen LogP contribution in [0.4, 0.5) is 23.4 Å². The Kier molecular flexibility index (Phi) is 6.30. The summed E-state index contributed by atoms with van der Waals surface area (Å²) in [5, 5.41) is 13.7. The van der Waals surface area contributed by atoms with Gasteiger partial charge in [0.05, 0.1) is 5.56 Å². The molecule has 5 rings (SSSR count). The summed E-state index contributed by atoms with van der Waals surface area (Å²) in [7, 11) is 0. The van der Waals surface area contributed by atoms with Gasteiger partial charge in [0.1, 0.15) is 11.5 Å². The van der Waals surface area contributed by atoms with Crippen LogP contribution in [0.2, 0.25) is 0 Å². The van der Waals surface area contributed by atoms with E-state index < -0.39 is 17.6 Å². The predicted octanol–water partition coefficient (Wildman–Crippen LogP) is 5.85. The third kappa shape index (κ3) is 4.86. The van der Waals surface area contributed by atoms with E-state index in [0.717, 1.165) is 34.3 Å². The van der Waals surface area contributed by atoms with Crippen molar-refractivity contribution in [1.82, 2.24) is 15.5 Å². The van der Waals surface area contributed by atoms with E-state index in [0.29, 0.717) is 31.6 Å². The van der Waals surface area contributed by atoms with Crippen LogP contribution in [0.15, 0.2) is 72.8 Å². The summed E-state index contributed by atoms with van der Waals surface area (Å²) in [5.41, 5.74) is 0.856. The van der Waals surface area contributed by atoms with Crippen molar-refractivity contribution >= 4 is 22.5 Å². The Labute approximate surface area is 204 Å². The number of fused-ring (bicyclic) bond motifs is 1. The molecule has 36 heavy (non-hydrogen) atoms. The smallest absolute Gasteiger partial charge is 0.354 e. The fraction of sp³-hybridized carbons (Fsp3) is 0.222. The van der Waals surface area contributed by atoms with Crippen molar-refractivity contribution in [3.63, 3.8) is 0 Å². The molecule has 0 unspecified atom stereocenters. The van der Waals surface area contributed by atoms with Gasteiger partial charge in [-0.15, -0.1) is 10.2 Å². The second-order valence-corrected chi connectivity index (χ2v) is 8.73. The number of nitrogens with zero attached hydrogens (tertiary/aromatic N) is 3. The van der Waals surface area contributed by atoms with E-state index in [1.807, 2.05) is 24.3 Å². The maximum Gasteiger partial charge on any atom is 0.416 e. The lowest BCUT2D eigenvalue weighted by Gasteiger charge is -2.33. The van der Waals surface area contributed by atoms with Crippen LogP contribution in [0.5, 0.6) is 0 Å². The van der Waals surface area contributed by atoms with Gasteiger partial charge in [0.15, 0.2) is 5.82 Å². The molecule has 0 saturated carbocycles. The first-order valence-corrected chi connectivity index (χ1v) is 11.5. The van der Waals surface area contributed by atoms with Crippen LogP contribution in [0, 0.1) is 5.82 Å². The molecule has 1 aromatic heterocycles. The van der Waals surface area contributed by atoms with E-state index in [1.165, 1.54) is 24.3 Å². The Balaban J connectivity index is 1.28.